The first-order chi connectivity index (χ1) is 14.0. The molecule has 0 aliphatic rings. The summed E-state index contributed by atoms with van der Waals surface area (Å²) in [5.41, 5.74) is 2.63. The lowest BCUT2D eigenvalue weighted by molar-refractivity contribution is 0.185. The van der Waals surface area contributed by atoms with Crippen molar-refractivity contribution in [1.82, 2.24) is 9.88 Å². The van der Waals surface area contributed by atoms with Gasteiger partial charge in [-0.1, -0.05) is 25.1 Å². The van der Waals surface area contributed by atoms with Gasteiger partial charge in [-0.25, -0.2) is 4.79 Å². The molecule has 0 saturated carbocycles. The first-order valence-electron chi connectivity index (χ1n) is 9.50. The second-order valence-electron chi connectivity index (χ2n) is 6.67. The van der Waals surface area contributed by atoms with Crippen molar-refractivity contribution in [3.05, 3.63) is 70.0 Å². The molecule has 3 rings (SSSR count). The van der Waals surface area contributed by atoms with Crippen LogP contribution in [0.5, 0.6) is 5.75 Å². The van der Waals surface area contributed by atoms with Gasteiger partial charge < -0.3 is 25.0 Å². The van der Waals surface area contributed by atoms with E-state index in [0.717, 1.165) is 22.9 Å². The molecule has 0 fully saturated rings. The molecule has 1 heterocycles. The van der Waals surface area contributed by atoms with E-state index in [4.69, 9.17) is 4.74 Å². The number of amides is 2. The van der Waals surface area contributed by atoms with Crippen LogP contribution in [-0.2, 0) is 13.0 Å². The van der Waals surface area contributed by atoms with Gasteiger partial charge in [0.2, 0.25) is 0 Å². The zero-order valence-corrected chi connectivity index (χ0v) is 16.6. The second-order valence-corrected chi connectivity index (χ2v) is 6.67. The molecule has 0 aliphatic heterocycles. The number of pyridine rings is 1. The molecule has 0 radical (unpaired) electrons. The van der Waals surface area contributed by atoms with E-state index in [1.165, 1.54) is 12.0 Å². The van der Waals surface area contributed by atoms with Crippen LogP contribution in [-0.4, -0.2) is 41.3 Å². The molecule has 152 valence electrons. The lowest BCUT2D eigenvalue weighted by Gasteiger charge is -2.22. The first-order valence-corrected chi connectivity index (χ1v) is 9.50. The number of rotatable bonds is 7. The Balaban J connectivity index is 1.87. The van der Waals surface area contributed by atoms with E-state index < -0.39 is 6.03 Å². The van der Waals surface area contributed by atoms with Crippen LogP contribution in [0.4, 0.5) is 10.5 Å². The van der Waals surface area contributed by atoms with Crippen molar-refractivity contribution in [3.8, 4) is 5.75 Å². The second kappa shape index (κ2) is 9.25. The average Bonchev–Trinajstić information content (AvgIpc) is 2.73. The Hall–Kier alpha value is -3.32. The number of aliphatic hydroxyl groups is 1. The first kappa shape index (κ1) is 20.4. The predicted molar refractivity (Wildman–Crippen MR) is 113 cm³/mol. The third kappa shape index (κ3) is 4.75. The van der Waals surface area contributed by atoms with E-state index in [2.05, 4.69) is 17.2 Å². The smallest absolute Gasteiger partial charge is 0.322 e. The Labute approximate surface area is 168 Å². The standard InChI is InChI=1S/C22H25N3O4/c1-3-15-8-9-18-16(12-15)13-17(21(27)23-18)14-25(10-11-26)22(28)24-19-6-4-5-7-20(19)29-2/h4-9,12-13,26H,3,10-11,14H2,1-2H3,(H,23,27)(H,24,28). The molecule has 0 bridgehead atoms. The van der Waals surface area contributed by atoms with E-state index in [0.29, 0.717) is 17.0 Å². The number of aliphatic hydroxyl groups excluding tert-OH is 1. The third-order valence-electron chi connectivity index (χ3n) is 4.76. The number of fused-ring (bicyclic) bond motifs is 1. The number of hydrogen-bond donors (Lipinski definition) is 3. The van der Waals surface area contributed by atoms with Gasteiger partial charge in [0.25, 0.3) is 5.56 Å². The molecule has 0 saturated heterocycles. The summed E-state index contributed by atoms with van der Waals surface area (Å²) in [4.78, 5) is 29.6. The van der Waals surface area contributed by atoms with Gasteiger partial charge in [-0.15, -0.1) is 0 Å². The quantitative estimate of drug-likeness (QED) is 0.573. The predicted octanol–water partition coefficient (Wildman–Crippen LogP) is 3.13. The highest BCUT2D eigenvalue weighted by atomic mass is 16.5. The number of carbonyl (C=O) groups excluding carboxylic acids is 1. The molecule has 0 aliphatic carbocycles. The van der Waals surface area contributed by atoms with Crippen molar-refractivity contribution < 1.29 is 14.6 Å². The number of benzene rings is 2. The molecule has 0 spiro atoms. The topological polar surface area (TPSA) is 94.7 Å². The number of aryl methyl sites for hydroxylation is 1. The number of hydrogen-bond acceptors (Lipinski definition) is 4. The van der Waals surface area contributed by atoms with Gasteiger partial charge >= 0.3 is 6.03 Å². The van der Waals surface area contributed by atoms with Gasteiger partial charge in [-0.2, -0.15) is 0 Å². The van der Waals surface area contributed by atoms with Crippen molar-refractivity contribution in [1.29, 1.82) is 0 Å². The molecule has 2 amide bonds. The highest BCUT2D eigenvalue weighted by Gasteiger charge is 2.17. The summed E-state index contributed by atoms with van der Waals surface area (Å²) in [6, 6.07) is 14.3. The Kier molecular flexibility index (Phi) is 6.51. The monoisotopic (exact) mass is 395 g/mol. The summed E-state index contributed by atoms with van der Waals surface area (Å²) < 4.78 is 5.26. The molecular weight excluding hydrogens is 370 g/mol. The lowest BCUT2D eigenvalue weighted by atomic mass is 10.1. The van der Waals surface area contributed by atoms with Crippen LogP contribution in [0.1, 0.15) is 18.1 Å². The highest BCUT2D eigenvalue weighted by molar-refractivity contribution is 5.91. The number of aromatic nitrogens is 1. The number of H-pyrrole nitrogens is 1. The number of anilines is 1. The number of ether oxygens (including phenoxy) is 1. The minimum absolute atomic E-state index is 0.0726. The molecule has 7 heteroatoms. The Morgan fingerprint density at radius 2 is 2.00 bits per heavy atom. The number of para-hydroxylation sites is 2. The molecule has 29 heavy (non-hydrogen) atoms. The van der Waals surface area contributed by atoms with Gasteiger partial charge in [-0.3, -0.25) is 4.79 Å². The fourth-order valence-electron chi connectivity index (χ4n) is 3.16. The normalized spacial score (nSPS) is 10.7. The van der Waals surface area contributed by atoms with Crippen LogP contribution in [0.25, 0.3) is 10.9 Å². The largest absolute Gasteiger partial charge is 0.495 e. The van der Waals surface area contributed by atoms with Crippen molar-refractivity contribution in [3.63, 3.8) is 0 Å². The minimum Gasteiger partial charge on any atom is -0.495 e. The SMILES string of the molecule is CCc1ccc2[nH]c(=O)c(CN(CCO)C(=O)Nc3ccccc3OC)cc2c1. The summed E-state index contributed by atoms with van der Waals surface area (Å²) >= 11 is 0. The van der Waals surface area contributed by atoms with E-state index in [1.807, 2.05) is 18.2 Å². The van der Waals surface area contributed by atoms with Gasteiger partial charge in [0, 0.05) is 17.6 Å². The van der Waals surface area contributed by atoms with Gasteiger partial charge in [0.15, 0.2) is 0 Å². The molecule has 2 aromatic carbocycles. The van der Waals surface area contributed by atoms with Gasteiger partial charge in [-0.05, 0) is 47.7 Å². The Morgan fingerprint density at radius 3 is 2.72 bits per heavy atom. The summed E-state index contributed by atoms with van der Waals surface area (Å²) in [7, 11) is 1.52. The third-order valence-corrected chi connectivity index (χ3v) is 4.76. The van der Waals surface area contributed by atoms with Gasteiger partial charge in [0.05, 0.1) is 25.9 Å². The maximum atomic E-state index is 12.8. The van der Waals surface area contributed by atoms with Crippen LogP contribution in [0.2, 0.25) is 0 Å². The van der Waals surface area contributed by atoms with Crippen LogP contribution < -0.4 is 15.6 Å². The summed E-state index contributed by atoms with van der Waals surface area (Å²) in [6.07, 6.45) is 0.891. The minimum atomic E-state index is -0.426. The van der Waals surface area contributed by atoms with Gasteiger partial charge in [0.1, 0.15) is 5.75 Å². The highest BCUT2D eigenvalue weighted by Crippen LogP contribution is 2.23. The van der Waals surface area contributed by atoms with Crippen LogP contribution in [0.3, 0.4) is 0 Å². The Bertz CT molecular complexity index is 1060. The van der Waals surface area contributed by atoms with E-state index in [9.17, 15) is 14.7 Å². The number of methoxy groups -OCH3 is 1. The number of aromatic amines is 1. The molecule has 3 aromatic rings. The lowest BCUT2D eigenvalue weighted by Crippen LogP contribution is -2.38. The van der Waals surface area contributed by atoms with Crippen LogP contribution in [0, 0.1) is 0 Å². The van der Waals surface area contributed by atoms with Crippen molar-refractivity contribution in [2.75, 3.05) is 25.6 Å². The fourth-order valence-corrected chi connectivity index (χ4v) is 3.16. The van der Waals surface area contributed by atoms with E-state index in [1.54, 1.807) is 30.3 Å². The molecule has 1 aromatic heterocycles. The van der Waals surface area contributed by atoms with E-state index in [-0.39, 0.29) is 25.3 Å². The maximum Gasteiger partial charge on any atom is 0.322 e. The molecule has 7 nitrogen and oxygen atoms in total. The zero-order valence-electron chi connectivity index (χ0n) is 16.6. The van der Waals surface area contributed by atoms with Crippen molar-refractivity contribution in [2.45, 2.75) is 19.9 Å². The van der Waals surface area contributed by atoms with Crippen LogP contribution in [0.15, 0.2) is 53.3 Å². The Morgan fingerprint density at radius 1 is 1.21 bits per heavy atom. The number of nitrogens with zero attached hydrogens (tertiary/aromatic N) is 1. The van der Waals surface area contributed by atoms with Crippen molar-refractivity contribution in [2.24, 2.45) is 0 Å². The van der Waals surface area contributed by atoms with Crippen LogP contribution >= 0.6 is 0 Å². The summed E-state index contributed by atoms with van der Waals surface area (Å²) in [5.74, 6) is 0.528. The fraction of sp³-hybridized carbons (Fsp3) is 0.273. The molecule has 3 N–H and O–H groups in total. The zero-order chi connectivity index (χ0) is 20.8. The van der Waals surface area contributed by atoms with Crippen molar-refractivity contribution >= 4 is 22.6 Å². The maximum absolute atomic E-state index is 12.8. The molecule has 0 atom stereocenters. The summed E-state index contributed by atoms with van der Waals surface area (Å²) in [5, 5.41) is 13.1. The number of nitrogens with one attached hydrogen (secondary N) is 2. The molecular formula is C22H25N3O4. The van der Waals surface area contributed by atoms with E-state index >= 15 is 0 Å². The number of carbonyl (C=O) groups is 1. The summed E-state index contributed by atoms with van der Waals surface area (Å²) in [6.45, 7) is 2.01. The molecule has 0 unspecified atom stereocenters. The average molecular weight is 395 g/mol. The number of urea groups is 1.